The van der Waals surface area contributed by atoms with Gasteiger partial charge in [-0.25, -0.2) is 0 Å². The molecule has 3 heteroatoms. The standard InChI is InChI=1S/C15H23NO2/c1-13(17)5-4-11-16(2)12-10-14-6-8-15(18-3)9-7-14/h6-9H,4-5,10-12H2,1-3H3. The first-order chi connectivity index (χ1) is 8.61. The summed E-state index contributed by atoms with van der Waals surface area (Å²) in [6.07, 6.45) is 2.67. The van der Waals surface area contributed by atoms with Gasteiger partial charge in [0, 0.05) is 13.0 Å². The van der Waals surface area contributed by atoms with Crippen LogP contribution in [0.4, 0.5) is 0 Å². The molecule has 0 radical (unpaired) electrons. The first kappa shape index (κ1) is 14.7. The second kappa shape index (κ2) is 7.88. The quantitative estimate of drug-likeness (QED) is 0.709. The summed E-state index contributed by atoms with van der Waals surface area (Å²) >= 11 is 0. The van der Waals surface area contributed by atoms with Gasteiger partial charge in [-0.1, -0.05) is 12.1 Å². The Morgan fingerprint density at radius 3 is 2.44 bits per heavy atom. The summed E-state index contributed by atoms with van der Waals surface area (Å²) in [5, 5.41) is 0. The maximum atomic E-state index is 10.8. The smallest absolute Gasteiger partial charge is 0.129 e. The van der Waals surface area contributed by atoms with Gasteiger partial charge in [0.2, 0.25) is 0 Å². The number of benzene rings is 1. The van der Waals surface area contributed by atoms with E-state index in [2.05, 4.69) is 24.1 Å². The number of hydrogen-bond acceptors (Lipinski definition) is 3. The van der Waals surface area contributed by atoms with Crippen molar-refractivity contribution in [3.63, 3.8) is 0 Å². The third-order valence-electron chi connectivity index (χ3n) is 3.01. The Morgan fingerprint density at radius 2 is 1.89 bits per heavy atom. The van der Waals surface area contributed by atoms with Crippen molar-refractivity contribution in [1.82, 2.24) is 4.90 Å². The monoisotopic (exact) mass is 249 g/mol. The summed E-state index contributed by atoms with van der Waals surface area (Å²) in [6, 6.07) is 8.18. The maximum absolute atomic E-state index is 10.8. The summed E-state index contributed by atoms with van der Waals surface area (Å²) in [7, 11) is 3.78. The molecule has 1 aromatic rings. The molecule has 100 valence electrons. The van der Waals surface area contributed by atoms with E-state index in [0.717, 1.165) is 31.7 Å². The number of Topliss-reactive ketones (excluding diaryl/α,β-unsaturated/α-hetero) is 1. The second-order valence-electron chi connectivity index (χ2n) is 4.71. The van der Waals surface area contributed by atoms with Crippen molar-refractivity contribution in [2.24, 2.45) is 0 Å². The van der Waals surface area contributed by atoms with Crippen molar-refractivity contribution in [3.05, 3.63) is 29.8 Å². The maximum Gasteiger partial charge on any atom is 0.129 e. The Balaban J connectivity index is 2.24. The van der Waals surface area contributed by atoms with E-state index in [1.165, 1.54) is 5.56 Å². The molecule has 0 aromatic heterocycles. The number of nitrogens with zero attached hydrogens (tertiary/aromatic N) is 1. The Kier molecular flexibility index (Phi) is 6.44. The van der Waals surface area contributed by atoms with Crippen LogP contribution in [0.2, 0.25) is 0 Å². The highest BCUT2D eigenvalue weighted by Gasteiger charge is 2.01. The molecular formula is C15H23NO2. The lowest BCUT2D eigenvalue weighted by Crippen LogP contribution is -2.22. The highest BCUT2D eigenvalue weighted by Crippen LogP contribution is 2.11. The third kappa shape index (κ3) is 5.82. The lowest BCUT2D eigenvalue weighted by Gasteiger charge is -2.16. The molecular weight excluding hydrogens is 226 g/mol. The molecule has 0 amide bonds. The first-order valence-corrected chi connectivity index (χ1v) is 6.42. The van der Waals surface area contributed by atoms with Crippen LogP contribution in [-0.4, -0.2) is 37.9 Å². The lowest BCUT2D eigenvalue weighted by molar-refractivity contribution is -0.117. The molecule has 0 fully saturated rings. The van der Waals surface area contributed by atoms with Gasteiger partial charge < -0.3 is 14.4 Å². The Hall–Kier alpha value is -1.35. The van der Waals surface area contributed by atoms with E-state index in [0.29, 0.717) is 6.42 Å². The minimum absolute atomic E-state index is 0.276. The van der Waals surface area contributed by atoms with Crippen LogP contribution in [0.15, 0.2) is 24.3 Å². The van der Waals surface area contributed by atoms with E-state index in [1.54, 1.807) is 14.0 Å². The predicted octanol–water partition coefficient (Wildman–Crippen LogP) is 2.54. The first-order valence-electron chi connectivity index (χ1n) is 6.42. The van der Waals surface area contributed by atoms with Gasteiger partial charge in [0.1, 0.15) is 11.5 Å². The van der Waals surface area contributed by atoms with Crippen LogP contribution in [0, 0.1) is 0 Å². The summed E-state index contributed by atoms with van der Waals surface area (Å²) in [4.78, 5) is 13.1. The Morgan fingerprint density at radius 1 is 1.22 bits per heavy atom. The van der Waals surface area contributed by atoms with E-state index in [1.807, 2.05) is 12.1 Å². The van der Waals surface area contributed by atoms with E-state index >= 15 is 0 Å². The highest BCUT2D eigenvalue weighted by molar-refractivity contribution is 5.75. The molecule has 0 spiro atoms. The molecule has 3 nitrogen and oxygen atoms in total. The minimum Gasteiger partial charge on any atom is -0.497 e. The van der Waals surface area contributed by atoms with Crippen molar-refractivity contribution in [2.45, 2.75) is 26.2 Å². The molecule has 18 heavy (non-hydrogen) atoms. The minimum atomic E-state index is 0.276. The van der Waals surface area contributed by atoms with E-state index < -0.39 is 0 Å². The number of methoxy groups -OCH3 is 1. The molecule has 0 saturated heterocycles. The van der Waals surface area contributed by atoms with Crippen molar-refractivity contribution in [3.8, 4) is 5.75 Å². The average molecular weight is 249 g/mol. The van der Waals surface area contributed by atoms with Gasteiger partial charge in [-0.05, 0) is 51.1 Å². The van der Waals surface area contributed by atoms with E-state index in [-0.39, 0.29) is 5.78 Å². The zero-order valence-electron chi connectivity index (χ0n) is 11.6. The van der Waals surface area contributed by atoms with Crippen LogP contribution >= 0.6 is 0 Å². The molecule has 0 saturated carbocycles. The van der Waals surface area contributed by atoms with Gasteiger partial charge in [-0.15, -0.1) is 0 Å². The largest absolute Gasteiger partial charge is 0.497 e. The van der Waals surface area contributed by atoms with E-state index in [9.17, 15) is 4.79 Å². The highest BCUT2D eigenvalue weighted by atomic mass is 16.5. The summed E-state index contributed by atoms with van der Waals surface area (Å²) in [5.74, 6) is 1.17. The molecule has 1 aromatic carbocycles. The predicted molar refractivity (Wildman–Crippen MR) is 74.1 cm³/mol. The van der Waals surface area contributed by atoms with Gasteiger partial charge in [0.25, 0.3) is 0 Å². The molecule has 0 aliphatic rings. The SMILES string of the molecule is COc1ccc(CCN(C)CCCC(C)=O)cc1. The van der Waals surface area contributed by atoms with Crippen molar-refractivity contribution < 1.29 is 9.53 Å². The molecule has 1 rings (SSSR count). The molecule has 0 aliphatic heterocycles. The fraction of sp³-hybridized carbons (Fsp3) is 0.533. The lowest BCUT2D eigenvalue weighted by atomic mass is 10.1. The number of hydrogen-bond donors (Lipinski definition) is 0. The van der Waals surface area contributed by atoms with Crippen molar-refractivity contribution in [2.75, 3.05) is 27.2 Å². The molecule has 0 N–H and O–H groups in total. The van der Waals surface area contributed by atoms with Gasteiger partial charge in [0.05, 0.1) is 7.11 Å². The van der Waals surface area contributed by atoms with Gasteiger partial charge in [-0.2, -0.15) is 0 Å². The molecule has 0 atom stereocenters. The van der Waals surface area contributed by atoms with Gasteiger partial charge in [-0.3, -0.25) is 0 Å². The summed E-state index contributed by atoms with van der Waals surface area (Å²) < 4.78 is 5.13. The van der Waals surface area contributed by atoms with Crippen LogP contribution in [0.5, 0.6) is 5.75 Å². The molecule has 0 unspecified atom stereocenters. The van der Waals surface area contributed by atoms with Gasteiger partial charge >= 0.3 is 0 Å². The fourth-order valence-electron chi connectivity index (χ4n) is 1.82. The number of carbonyl (C=O) groups is 1. The van der Waals surface area contributed by atoms with Crippen LogP contribution < -0.4 is 4.74 Å². The van der Waals surface area contributed by atoms with E-state index in [4.69, 9.17) is 4.74 Å². The van der Waals surface area contributed by atoms with Crippen LogP contribution in [-0.2, 0) is 11.2 Å². The fourth-order valence-corrected chi connectivity index (χ4v) is 1.82. The summed E-state index contributed by atoms with van der Waals surface area (Å²) in [5.41, 5.74) is 1.31. The van der Waals surface area contributed by atoms with Crippen molar-refractivity contribution in [1.29, 1.82) is 0 Å². The van der Waals surface area contributed by atoms with Crippen LogP contribution in [0.3, 0.4) is 0 Å². The topological polar surface area (TPSA) is 29.5 Å². The average Bonchev–Trinajstić information content (AvgIpc) is 2.36. The molecule has 0 aliphatic carbocycles. The van der Waals surface area contributed by atoms with Crippen LogP contribution in [0.1, 0.15) is 25.3 Å². The van der Waals surface area contributed by atoms with Crippen molar-refractivity contribution >= 4 is 5.78 Å². The molecule has 0 bridgehead atoms. The van der Waals surface area contributed by atoms with Gasteiger partial charge in [0.15, 0.2) is 0 Å². The van der Waals surface area contributed by atoms with Crippen LogP contribution in [0.25, 0.3) is 0 Å². The number of ether oxygens (including phenoxy) is 1. The number of ketones is 1. The Bertz CT molecular complexity index is 359. The second-order valence-corrected chi connectivity index (χ2v) is 4.71. The summed E-state index contributed by atoms with van der Waals surface area (Å²) in [6.45, 7) is 3.65. The number of rotatable bonds is 8. The number of likely N-dealkylation sites (N-methyl/N-ethyl adjacent to an activating group) is 1. The molecule has 0 heterocycles. The normalized spacial score (nSPS) is 10.7. The zero-order chi connectivity index (χ0) is 13.4. The zero-order valence-corrected chi connectivity index (χ0v) is 11.6. The third-order valence-corrected chi connectivity index (χ3v) is 3.01. The Labute approximate surface area is 110 Å². The number of carbonyl (C=O) groups excluding carboxylic acids is 1.